The van der Waals surface area contributed by atoms with Gasteiger partial charge in [-0.3, -0.25) is 9.78 Å². The van der Waals surface area contributed by atoms with Gasteiger partial charge in [0.25, 0.3) is 5.91 Å². The first-order chi connectivity index (χ1) is 7.16. The number of aryl methyl sites for hydroxylation is 1. The van der Waals surface area contributed by atoms with Crippen molar-refractivity contribution in [1.29, 1.82) is 0 Å². The summed E-state index contributed by atoms with van der Waals surface area (Å²) in [5.41, 5.74) is 1.69. The Morgan fingerprint density at radius 3 is 2.87 bits per heavy atom. The van der Waals surface area contributed by atoms with Crippen molar-refractivity contribution in [1.82, 2.24) is 9.88 Å². The number of hydrogen-bond acceptors (Lipinski definition) is 2. The van der Waals surface area contributed by atoms with Crippen LogP contribution in [0.4, 0.5) is 0 Å². The molecule has 3 nitrogen and oxygen atoms in total. The Balaban J connectivity index is 2.72. The molecular weight excluding hydrogens is 188 g/mol. The molecule has 0 aliphatic heterocycles. The molecule has 1 amide bonds. The fourth-order valence-electron chi connectivity index (χ4n) is 1.42. The molecule has 1 aromatic rings. The lowest BCUT2D eigenvalue weighted by molar-refractivity contribution is 0.0792. The van der Waals surface area contributed by atoms with Crippen molar-refractivity contribution in [3.05, 3.63) is 29.6 Å². The summed E-state index contributed by atoms with van der Waals surface area (Å²) in [5, 5.41) is 0. The van der Waals surface area contributed by atoms with Crippen LogP contribution in [0.25, 0.3) is 0 Å². The first-order valence-electron chi connectivity index (χ1n) is 5.33. The molecule has 15 heavy (non-hydrogen) atoms. The van der Waals surface area contributed by atoms with Gasteiger partial charge in [-0.25, -0.2) is 0 Å². The second-order valence-electron chi connectivity index (χ2n) is 3.77. The van der Waals surface area contributed by atoms with Crippen LogP contribution in [-0.4, -0.2) is 29.4 Å². The minimum Gasteiger partial charge on any atom is -0.342 e. The molecule has 0 fully saturated rings. The van der Waals surface area contributed by atoms with E-state index in [1.165, 1.54) is 0 Å². The van der Waals surface area contributed by atoms with Gasteiger partial charge in [0.2, 0.25) is 0 Å². The highest BCUT2D eigenvalue weighted by Gasteiger charge is 2.12. The number of pyridine rings is 1. The van der Waals surface area contributed by atoms with Crippen molar-refractivity contribution in [3.63, 3.8) is 0 Å². The largest absolute Gasteiger partial charge is 0.342 e. The second-order valence-corrected chi connectivity index (χ2v) is 3.77. The summed E-state index contributed by atoms with van der Waals surface area (Å²) in [6.45, 7) is 4.85. The van der Waals surface area contributed by atoms with E-state index >= 15 is 0 Å². The molecule has 0 aromatic carbocycles. The lowest BCUT2D eigenvalue weighted by Gasteiger charge is -2.17. The standard InChI is InChI=1S/C12H18N2O/c1-4-5-8-14(3)12(15)11-6-7-13-9-10(11)2/h6-7,9H,4-5,8H2,1-3H3. The average molecular weight is 206 g/mol. The number of carbonyl (C=O) groups is 1. The molecule has 0 aliphatic rings. The molecule has 0 spiro atoms. The smallest absolute Gasteiger partial charge is 0.253 e. The molecule has 1 rings (SSSR count). The zero-order valence-corrected chi connectivity index (χ0v) is 9.66. The number of amides is 1. The Bertz CT molecular complexity index is 336. The zero-order valence-electron chi connectivity index (χ0n) is 9.66. The van der Waals surface area contributed by atoms with E-state index in [2.05, 4.69) is 11.9 Å². The molecule has 0 saturated heterocycles. The van der Waals surface area contributed by atoms with Crippen molar-refractivity contribution >= 4 is 5.91 Å². The van der Waals surface area contributed by atoms with Gasteiger partial charge in [0.15, 0.2) is 0 Å². The molecule has 1 aromatic heterocycles. The average Bonchev–Trinajstić information content (AvgIpc) is 2.25. The normalized spacial score (nSPS) is 10.1. The van der Waals surface area contributed by atoms with Crippen molar-refractivity contribution < 1.29 is 4.79 Å². The molecular formula is C12H18N2O. The highest BCUT2D eigenvalue weighted by Crippen LogP contribution is 2.08. The monoisotopic (exact) mass is 206 g/mol. The third-order valence-electron chi connectivity index (χ3n) is 2.44. The Morgan fingerprint density at radius 2 is 2.27 bits per heavy atom. The summed E-state index contributed by atoms with van der Waals surface area (Å²) >= 11 is 0. The van der Waals surface area contributed by atoms with E-state index in [-0.39, 0.29) is 5.91 Å². The first-order valence-corrected chi connectivity index (χ1v) is 5.33. The van der Waals surface area contributed by atoms with Crippen LogP contribution in [-0.2, 0) is 0 Å². The molecule has 82 valence electrons. The molecule has 0 saturated carbocycles. The van der Waals surface area contributed by atoms with E-state index in [1.807, 2.05) is 14.0 Å². The van der Waals surface area contributed by atoms with E-state index in [4.69, 9.17) is 0 Å². The lowest BCUT2D eigenvalue weighted by Crippen LogP contribution is -2.28. The molecule has 0 radical (unpaired) electrons. The van der Waals surface area contributed by atoms with Crippen LogP contribution in [0, 0.1) is 6.92 Å². The summed E-state index contributed by atoms with van der Waals surface area (Å²) in [6.07, 6.45) is 5.54. The highest BCUT2D eigenvalue weighted by atomic mass is 16.2. The van der Waals surface area contributed by atoms with Crippen LogP contribution in [0.2, 0.25) is 0 Å². The molecule has 0 unspecified atom stereocenters. The minimum absolute atomic E-state index is 0.0864. The third-order valence-corrected chi connectivity index (χ3v) is 2.44. The van der Waals surface area contributed by atoms with Gasteiger partial charge in [-0.2, -0.15) is 0 Å². The van der Waals surface area contributed by atoms with Crippen molar-refractivity contribution in [3.8, 4) is 0 Å². The first kappa shape index (κ1) is 11.7. The maximum absolute atomic E-state index is 12.0. The summed E-state index contributed by atoms with van der Waals surface area (Å²) in [6, 6.07) is 1.78. The minimum atomic E-state index is 0.0864. The van der Waals surface area contributed by atoms with E-state index in [1.54, 1.807) is 23.4 Å². The predicted octanol–water partition coefficient (Wildman–Crippen LogP) is 2.26. The molecule has 0 atom stereocenters. The van der Waals surface area contributed by atoms with Crippen molar-refractivity contribution in [2.24, 2.45) is 0 Å². The van der Waals surface area contributed by atoms with E-state index in [0.29, 0.717) is 0 Å². The Labute approximate surface area is 91.1 Å². The molecule has 0 aliphatic carbocycles. The molecule has 0 bridgehead atoms. The van der Waals surface area contributed by atoms with Gasteiger partial charge in [0.05, 0.1) is 0 Å². The summed E-state index contributed by atoms with van der Waals surface area (Å²) < 4.78 is 0. The van der Waals surface area contributed by atoms with Gasteiger partial charge in [-0.1, -0.05) is 13.3 Å². The van der Waals surface area contributed by atoms with Crippen LogP contribution < -0.4 is 0 Å². The SMILES string of the molecule is CCCCN(C)C(=O)c1ccncc1C. The Morgan fingerprint density at radius 1 is 1.53 bits per heavy atom. The summed E-state index contributed by atoms with van der Waals surface area (Å²) in [5.74, 6) is 0.0864. The second kappa shape index (κ2) is 5.49. The Kier molecular flexibility index (Phi) is 4.28. The lowest BCUT2D eigenvalue weighted by atomic mass is 10.1. The molecule has 3 heteroatoms. The van der Waals surface area contributed by atoms with Gasteiger partial charge in [-0.05, 0) is 25.0 Å². The van der Waals surface area contributed by atoms with E-state index in [9.17, 15) is 4.79 Å². The van der Waals surface area contributed by atoms with Crippen LogP contribution >= 0.6 is 0 Å². The van der Waals surface area contributed by atoms with Gasteiger partial charge >= 0.3 is 0 Å². The van der Waals surface area contributed by atoms with Gasteiger partial charge in [0, 0.05) is 31.5 Å². The summed E-state index contributed by atoms with van der Waals surface area (Å²) in [7, 11) is 1.85. The zero-order chi connectivity index (χ0) is 11.3. The third kappa shape index (κ3) is 3.05. The number of aromatic nitrogens is 1. The topological polar surface area (TPSA) is 33.2 Å². The quantitative estimate of drug-likeness (QED) is 0.757. The van der Waals surface area contributed by atoms with Crippen LogP contribution in [0.5, 0.6) is 0 Å². The number of nitrogens with zero attached hydrogens (tertiary/aromatic N) is 2. The van der Waals surface area contributed by atoms with Crippen molar-refractivity contribution in [2.75, 3.05) is 13.6 Å². The van der Waals surface area contributed by atoms with Crippen molar-refractivity contribution in [2.45, 2.75) is 26.7 Å². The molecule has 1 heterocycles. The number of unbranched alkanes of at least 4 members (excludes halogenated alkanes) is 1. The van der Waals surface area contributed by atoms with Gasteiger partial charge in [-0.15, -0.1) is 0 Å². The molecule has 0 N–H and O–H groups in total. The number of hydrogen-bond donors (Lipinski definition) is 0. The van der Waals surface area contributed by atoms with Crippen LogP contribution in [0.1, 0.15) is 35.7 Å². The highest BCUT2D eigenvalue weighted by molar-refractivity contribution is 5.95. The fourth-order valence-corrected chi connectivity index (χ4v) is 1.42. The number of carbonyl (C=O) groups excluding carboxylic acids is 1. The number of rotatable bonds is 4. The van der Waals surface area contributed by atoms with Gasteiger partial charge in [0.1, 0.15) is 0 Å². The Hall–Kier alpha value is -1.38. The maximum atomic E-state index is 12.0. The van der Waals surface area contributed by atoms with Gasteiger partial charge < -0.3 is 4.90 Å². The van der Waals surface area contributed by atoms with E-state index < -0.39 is 0 Å². The van der Waals surface area contributed by atoms with Crippen LogP contribution in [0.3, 0.4) is 0 Å². The maximum Gasteiger partial charge on any atom is 0.253 e. The fraction of sp³-hybridized carbons (Fsp3) is 0.500. The predicted molar refractivity (Wildman–Crippen MR) is 60.8 cm³/mol. The van der Waals surface area contributed by atoms with Crippen LogP contribution in [0.15, 0.2) is 18.5 Å². The summed E-state index contributed by atoms with van der Waals surface area (Å²) in [4.78, 5) is 17.7. The van der Waals surface area contributed by atoms with E-state index in [0.717, 1.165) is 30.5 Å².